The number of amides is 1. The Morgan fingerprint density at radius 2 is 2.00 bits per heavy atom. The summed E-state index contributed by atoms with van der Waals surface area (Å²) in [5.41, 5.74) is 1.67. The van der Waals surface area contributed by atoms with Gasteiger partial charge in [0, 0.05) is 44.0 Å². The maximum absolute atomic E-state index is 13.1. The number of hydrogen-bond acceptors (Lipinski definition) is 6. The van der Waals surface area contributed by atoms with Gasteiger partial charge in [0.05, 0.1) is 13.1 Å². The predicted octanol–water partition coefficient (Wildman–Crippen LogP) is 1.37. The third kappa shape index (κ3) is 5.09. The van der Waals surface area contributed by atoms with E-state index in [0.717, 1.165) is 11.3 Å². The highest BCUT2D eigenvalue weighted by molar-refractivity contribution is 7.89. The van der Waals surface area contributed by atoms with E-state index in [4.69, 9.17) is 4.74 Å². The van der Waals surface area contributed by atoms with E-state index in [-0.39, 0.29) is 17.3 Å². The summed E-state index contributed by atoms with van der Waals surface area (Å²) in [7, 11) is -3.63. The molecule has 170 valence electrons. The number of aryl methyl sites for hydroxylation is 1. The minimum absolute atomic E-state index is 0.100. The van der Waals surface area contributed by atoms with E-state index in [9.17, 15) is 13.2 Å². The molecule has 0 radical (unpaired) electrons. The van der Waals surface area contributed by atoms with E-state index in [1.54, 1.807) is 18.3 Å². The Labute approximate surface area is 187 Å². The summed E-state index contributed by atoms with van der Waals surface area (Å²) in [4.78, 5) is 21.5. The Morgan fingerprint density at radius 3 is 2.78 bits per heavy atom. The minimum Gasteiger partial charge on any atom is -0.492 e. The van der Waals surface area contributed by atoms with Crippen molar-refractivity contribution in [3.63, 3.8) is 0 Å². The van der Waals surface area contributed by atoms with Crippen LogP contribution < -0.4 is 10.1 Å². The fraction of sp³-hybridized carbons (Fsp3) is 0.364. The zero-order valence-corrected chi connectivity index (χ0v) is 18.8. The predicted molar refractivity (Wildman–Crippen MR) is 121 cm³/mol. The highest BCUT2D eigenvalue weighted by atomic mass is 32.2. The van der Waals surface area contributed by atoms with Gasteiger partial charge in [-0.3, -0.25) is 9.69 Å². The van der Waals surface area contributed by atoms with Crippen molar-refractivity contribution < 1.29 is 17.9 Å². The summed E-state index contributed by atoms with van der Waals surface area (Å²) < 4.78 is 33.2. The molecule has 0 spiro atoms. The van der Waals surface area contributed by atoms with Crippen LogP contribution in [0.15, 0.2) is 53.7 Å². The summed E-state index contributed by atoms with van der Waals surface area (Å²) in [6, 6.07) is 11.2. The number of aromatic nitrogens is 2. The van der Waals surface area contributed by atoms with Crippen LogP contribution in [0.3, 0.4) is 0 Å². The maximum Gasteiger partial charge on any atom is 0.245 e. The topological polar surface area (TPSA) is 108 Å². The number of pyridine rings is 1. The third-order valence-corrected chi connectivity index (χ3v) is 7.35. The standard InChI is InChI=1S/C22H27N5O4S/c1-17-4-2-5-18(14-17)31-13-8-23-21(28)16-26-9-11-27(12-10-26)32(29,30)20-15-25-22-19(20)6-3-7-24-22/h2-7,14-15H,8-13,16H2,1H3,(H,23,28)(H,24,25). The van der Waals surface area contributed by atoms with Gasteiger partial charge in [-0.1, -0.05) is 12.1 Å². The molecule has 9 nitrogen and oxygen atoms in total. The smallest absolute Gasteiger partial charge is 0.245 e. The zero-order valence-electron chi connectivity index (χ0n) is 18.0. The number of piperazine rings is 1. The Balaban J connectivity index is 1.22. The molecule has 3 aromatic rings. The van der Waals surface area contributed by atoms with Gasteiger partial charge >= 0.3 is 0 Å². The van der Waals surface area contributed by atoms with Gasteiger partial charge in [-0.25, -0.2) is 13.4 Å². The van der Waals surface area contributed by atoms with Crippen molar-refractivity contribution >= 4 is 27.0 Å². The molecule has 0 bridgehead atoms. The van der Waals surface area contributed by atoms with Gasteiger partial charge in [-0.05, 0) is 36.8 Å². The molecule has 32 heavy (non-hydrogen) atoms. The van der Waals surface area contributed by atoms with Gasteiger partial charge in [-0.2, -0.15) is 4.31 Å². The Kier molecular flexibility index (Phi) is 6.73. The lowest BCUT2D eigenvalue weighted by Gasteiger charge is -2.33. The molecular formula is C22H27N5O4S. The van der Waals surface area contributed by atoms with Gasteiger partial charge in [0.25, 0.3) is 0 Å². The molecule has 1 saturated heterocycles. The van der Waals surface area contributed by atoms with Gasteiger partial charge in [0.15, 0.2) is 0 Å². The van der Waals surface area contributed by atoms with Crippen molar-refractivity contribution in [1.29, 1.82) is 0 Å². The van der Waals surface area contributed by atoms with Crippen molar-refractivity contribution in [2.24, 2.45) is 0 Å². The van der Waals surface area contributed by atoms with Crippen molar-refractivity contribution in [2.45, 2.75) is 11.8 Å². The average Bonchev–Trinajstić information content (AvgIpc) is 3.22. The van der Waals surface area contributed by atoms with Crippen LogP contribution in [0.25, 0.3) is 11.0 Å². The first kappa shape index (κ1) is 22.3. The number of fused-ring (bicyclic) bond motifs is 1. The number of carbonyl (C=O) groups excluding carboxylic acids is 1. The van der Waals surface area contributed by atoms with Crippen LogP contribution >= 0.6 is 0 Å². The lowest BCUT2D eigenvalue weighted by molar-refractivity contribution is -0.122. The highest BCUT2D eigenvalue weighted by Crippen LogP contribution is 2.25. The van der Waals surface area contributed by atoms with Crippen LogP contribution in [0, 0.1) is 6.92 Å². The number of hydrogen-bond donors (Lipinski definition) is 2. The monoisotopic (exact) mass is 457 g/mol. The number of nitrogens with zero attached hydrogens (tertiary/aromatic N) is 3. The summed E-state index contributed by atoms with van der Waals surface area (Å²) >= 11 is 0. The number of rotatable bonds is 8. The molecule has 1 aliphatic rings. The molecule has 1 aromatic carbocycles. The number of aromatic amines is 1. The van der Waals surface area contributed by atoms with Crippen molar-refractivity contribution in [3.05, 3.63) is 54.4 Å². The summed E-state index contributed by atoms with van der Waals surface area (Å²) in [6.07, 6.45) is 3.11. The number of ether oxygens (including phenoxy) is 1. The van der Waals surface area contributed by atoms with Crippen LogP contribution in [0.5, 0.6) is 5.75 Å². The van der Waals surface area contributed by atoms with Gasteiger partial charge in [0.2, 0.25) is 15.9 Å². The zero-order chi connectivity index (χ0) is 22.6. The molecule has 3 heterocycles. The van der Waals surface area contributed by atoms with Crippen molar-refractivity contribution in [1.82, 2.24) is 24.5 Å². The minimum atomic E-state index is -3.63. The first-order valence-electron chi connectivity index (χ1n) is 10.5. The molecule has 0 aliphatic carbocycles. The highest BCUT2D eigenvalue weighted by Gasteiger charge is 2.31. The largest absolute Gasteiger partial charge is 0.492 e. The lowest BCUT2D eigenvalue weighted by atomic mass is 10.2. The van der Waals surface area contributed by atoms with Gasteiger partial charge < -0.3 is 15.0 Å². The lowest BCUT2D eigenvalue weighted by Crippen LogP contribution is -2.51. The second kappa shape index (κ2) is 9.68. The number of sulfonamides is 1. The van der Waals surface area contributed by atoms with E-state index in [2.05, 4.69) is 15.3 Å². The SMILES string of the molecule is Cc1cccc(OCCNC(=O)CN2CCN(S(=O)(=O)c3c[nH]c4ncccc34)CC2)c1. The second-order valence-corrected chi connectivity index (χ2v) is 9.65. The molecule has 1 fully saturated rings. The Morgan fingerprint density at radius 1 is 1.19 bits per heavy atom. The molecule has 2 N–H and O–H groups in total. The molecule has 10 heteroatoms. The van der Waals surface area contributed by atoms with Crippen LogP contribution in [0.4, 0.5) is 0 Å². The first-order valence-corrected chi connectivity index (χ1v) is 12.0. The molecule has 1 aliphatic heterocycles. The van der Waals surface area contributed by atoms with Gasteiger partial charge in [-0.15, -0.1) is 0 Å². The number of nitrogens with one attached hydrogen (secondary N) is 2. The van der Waals surface area contributed by atoms with E-state index in [0.29, 0.717) is 50.4 Å². The van der Waals surface area contributed by atoms with Crippen molar-refractivity contribution in [2.75, 3.05) is 45.9 Å². The molecule has 4 rings (SSSR count). The Bertz CT molecular complexity index is 1190. The molecule has 0 unspecified atom stereocenters. The fourth-order valence-corrected chi connectivity index (χ4v) is 5.31. The molecule has 2 aromatic heterocycles. The second-order valence-electron chi connectivity index (χ2n) is 7.75. The maximum atomic E-state index is 13.1. The number of H-pyrrole nitrogens is 1. The number of benzene rings is 1. The molecule has 0 atom stereocenters. The molecule has 0 saturated carbocycles. The Hall–Kier alpha value is -2.95. The van der Waals surface area contributed by atoms with Crippen LogP contribution in [-0.4, -0.2) is 79.4 Å². The van der Waals surface area contributed by atoms with E-state index in [1.165, 1.54) is 10.5 Å². The fourth-order valence-electron chi connectivity index (χ4n) is 3.73. The summed E-state index contributed by atoms with van der Waals surface area (Å²) in [5, 5.41) is 3.44. The third-order valence-electron chi connectivity index (χ3n) is 5.41. The van der Waals surface area contributed by atoms with E-state index in [1.807, 2.05) is 36.1 Å². The summed E-state index contributed by atoms with van der Waals surface area (Å²) in [6.45, 7) is 4.68. The van der Waals surface area contributed by atoms with Crippen molar-refractivity contribution in [3.8, 4) is 5.75 Å². The van der Waals surface area contributed by atoms with E-state index < -0.39 is 10.0 Å². The van der Waals surface area contributed by atoms with Crippen LogP contribution in [0.1, 0.15) is 5.56 Å². The molecule has 1 amide bonds. The van der Waals surface area contributed by atoms with E-state index >= 15 is 0 Å². The van der Waals surface area contributed by atoms with Gasteiger partial charge in [0.1, 0.15) is 22.9 Å². The molecular weight excluding hydrogens is 430 g/mol. The quantitative estimate of drug-likeness (QED) is 0.495. The normalized spacial score (nSPS) is 15.7. The number of carbonyl (C=O) groups is 1. The summed E-state index contributed by atoms with van der Waals surface area (Å²) in [5.74, 6) is 0.680. The van der Waals surface area contributed by atoms with Crippen LogP contribution in [0.2, 0.25) is 0 Å². The van der Waals surface area contributed by atoms with Crippen LogP contribution in [-0.2, 0) is 14.8 Å². The average molecular weight is 458 g/mol. The first-order chi connectivity index (χ1) is 15.4.